The molecule has 0 saturated carbocycles. The minimum absolute atomic E-state index is 0.0125. The molecule has 0 spiro atoms. The van der Waals surface area contributed by atoms with E-state index in [0.717, 1.165) is 11.3 Å². The molecule has 10 heteroatoms. The van der Waals surface area contributed by atoms with E-state index in [1.54, 1.807) is 11.9 Å². The number of nitrogens with two attached hydrogens (primary N) is 1. The summed E-state index contributed by atoms with van der Waals surface area (Å²) in [5, 5.41) is 0. The van der Waals surface area contributed by atoms with E-state index in [2.05, 4.69) is 4.98 Å². The molecule has 1 aromatic heterocycles. The Labute approximate surface area is 203 Å². The first-order chi connectivity index (χ1) is 16.9. The number of methoxy groups -OCH3 is 1. The Balaban J connectivity index is 1.78. The number of benzene rings is 2. The zero-order valence-corrected chi connectivity index (χ0v) is 20.0. The van der Waals surface area contributed by atoms with Crippen molar-refractivity contribution in [2.45, 2.75) is 6.54 Å². The van der Waals surface area contributed by atoms with Crippen molar-refractivity contribution in [2.75, 3.05) is 57.6 Å². The number of ether oxygens (including phenoxy) is 2. The molecule has 0 saturated heterocycles. The van der Waals surface area contributed by atoms with E-state index in [4.69, 9.17) is 15.2 Å². The Morgan fingerprint density at radius 1 is 1.00 bits per heavy atom. The van der Waals surface area contributed by atoms with Gasteiger partial charge in [0.15, 0.2) is 5.69 Å². The second kappa shape index (κ2) is 12.5. The van der Waals surface area contributed by atoms with E-state index in [9.17, 15) is 14.4 Å². The number of para-hydroxylation sites is 1. The summed E-state index contributed by atoms with van der Waals surface area (Å²) in [6.07, 6.45) is 0. The molecule has 0 aliphatic rings. The fourth-order valence-corrected chi connectivity index (χ4v) is 3.54. The van der Waals surface area contributed by atoms with Gasteiger partial charge < -0.3 is 20.1 Å². The molecule has 0 fully saturated rings. The molecule has 0 aliphatic heterocycles. The van der Waals surface area contributed by atoms with Crippen LogP contribution in [0.5, 0.6) is 5.75 Å². The molecule has 0 aliphatic carbocycles. The minimum atomic E-state index is -0.726. The highest BCUT2D eigenvalue weighted by Crippen LogP contribution is 2.18. The van der Waals surface area contributed by atoms with Crippen molar-refractivity contribution in [3.63, 3.8) is 0 Å². The van der Waals surface area contributed by atoms with E-state index >= 15 is 0 Å². The monoisotopic (exact) mass is 481 g/mol. The maximum atomic E-state index is 13.2. The number of carbonyl (C=O) groups is 1. The van der Waals surface area contributed by atoms with Gasteiger partial charge in [-0.25, -0.2) is 4.79 Å². The SMILES string of the molecule is COCCN(C(=O)CN(C)CCOc1ccccc1)c1c(N)n(Cc2ccccc2)c(=O)[nH]c1=O. The standard InChI is InChI=1S/C25H31N5O5/c1-28(13-16-35-20-11-7-4-8-12-20)18-21(31)29(14-15-34-2)22-23(26)30(25(33)27-24(22)32)17-19-9-5-3-6-10-19/h3-12H,13-18,26H2,1-2H3,(H,27,32,33). The summed E-state index contributed by atoms with van der Waals surface area (Å²) in [5.41, 5.74) is 5.68. The van der Waals surface area contributed by atoms with Crippen LogP contribution in [0.4, 0.5) is 11.5 Å². The van der Waals surface area contributed by atoms with Crippen molar-refractivity contribution in [3.05, 3.63) is 87.1 Å². The minimum Gasteiger partial charge on any atom is -0.492 e. The van der Waals surface area contributed by atoms with Crippen molar-refractivity contribution in [1.82, 2.24) is 14.5 Å². The van der Waals surface area contributed by atoms with Gasteiger partial charge in [0.1, 0.15) is 18.2 Å². The summed E-state index contributed by atoms with van der Waals surface area (Å²) in [6.45, 7) is 1.31. The number of nitrogens with zero attached hydrogens (tertiary/aromatic N) is 3. The first kappa shape index (κ1) is 25.7. The maximum absolute atomic E-state index is 13.2. The number of H-pyrrole nitrogens is 1. The van der Waals surface area contributed by atoms with Gasteiger partial charge in [0, 0.05) is 20.2 Å². The summed E-state index contributed by atoms with van der Waals surface area (Å²) in [6, 6.07) is 18.6. The third-order valence-electron chi connectivity index (χ3n) is 5.38. The largest absolute Gasteiger partial charge is 0.492 e. The molecule has 35 heavy (non-hydrogen) atoms. The van der Waals surface area contributed by atoms with E-state index < -0.39 is 11.2 Å². The van der Waals surface area contributed by atoms with Crippen molar-refractivity contribution < 1.29 is 14.3 Å². The number of nitrogen functional groups attached to an aromatic ring is 1. The van der Waals surface area contributed by atoms with Crippen LogP contribution < -0.4 is 26.6 Å². The third-order valence-corrected chi connectivity index (χ3v) is 5.38. The van der Waals surface area contributed by atoms with Crippen LogP contribution >= 0.6 is 0 Å². The highest BCUT2D eigenvalue weighted by atomic mass is 16.5. The molecule has 3 N–H and O–H groups in total. The molecule has 1 amide bonds. The fraction of sp³-hybridized carbons (Fsp3) is 0.320. The second-order valence-corrected chi connectivity index (χ2v) is 8.00. The number of hydrogen-bond acceptors (Lipinski definition) is 7. The van der Waals surface area contributed by atoms with Gasteiger partial charge in [-0.15, -0.1) is 0 Å². The molecule has 2 aromatic carbocycles. The van der Waals surface area contributed by atoms with Crippen LogP contribution in [-0.2, 0) is 16.1 Å². The van der Waals surface area contributed by atoms with Crippen LogP contribution in [0.2, 0.25) is 0 Å². The van der Waals surface area contributed by atoms with Crippen molar-refractivity contribution in [3.8, 4) is 5.75 Å². The van der Waals surface area contributed by atoms with Gasteiger partial charge in [-0.1, -0.05) is 48.5 Å². The van der Waals surface area contributed by atoms with Gasteiger partial charge in [0.05, 0.1) is 19.7 Å². The lowest BCUT2D eigenvalue weighted by Gasteiger charge is -2.26. The summed E-state index contributed by atoms with van der Waals surface area (Å²) in [7, 11) is 3.28. The lowest BCUT2D eigenvalue weighted by atomic mass is 10.2. The molecule has 3 rings (SSSR count). The number of aromatic amines is 1. The van der Waals surface area contributed by atoms with Gasteiger partial charge >= 0.3 is 5.69 Å². The number of rotatable bonds is 12. The summed E-state index contributed by atoms with van der Waals surface area (Å²) in [5.74, 6) is 0.308. The number of anilines is 2. The molecule has 0 bridgehead atoms. The van der Waals surface area contributed by atoms with E-state index in [1.165, 1.54) is 16.6 Å². The van der Waals surface area contributed by atoms with E-state index in [-0.39, 0.29) is 43.7 Å². The first-order valence-electron chi connectivity index (χ1n) is 11.2. The molecule has 10 nitrogen and oxygen atoms in total. The first-order valence-corrected chi connectivity index (χ1v) is 11.2. The number of amides is 1. The molecular formula is C25H31N5O5. The number of nitrogens with one attached hydrogen (secondary N) is 1. The smallest absolute Gasteiger partial charge is 0.330 e. The zero-order chi connectivity index (χ0) is 25.2. The Hall–Kier alpha value is -3.89. The Morgan fingerprint density at radius 3 is 2.31 bits per heavy atom. The van der Waals surface area contributed by atoms with Gasteiger partial charge in [-0.2, -0.15) is 0 Å². The molecule has 0 radical (unpaired) electrons. The van der Waals surface area contributed by atoms with Crippen LogP contribution in [0.3, 0.4) is 0 Å². The Bertz CT molecular complexity index is 1210. The topological polar surface area (TPSA) is 123 Å². The number of hydrogen-bond donors (Lipinski definition) is 2. The molecule has 0 unspecified atom stereocenters. The van der Waals surface area contributed by atoms with Crippen molar-refractivity contribution in [2.24, 2.45) is 0 Å². The highest BCUT2D eigenvalue weighted by molar-refractivity contribution is 5.96. The second-order valence-electron chi connectivity index (χ2n) is 8.00. The quantitative estimate of drug-likeness (QED) is 0.398. The highest BCUT2D eigenvalue weighted by Gasteiger charge is 2.25. The van der Waals surface area contributed by atoms with Crippen molar-refractivity contribution >= 4 is 17.4 Å². The predicted octanol–water partition coefficient (Wildman–Crippen LogP) is 1.16. The zero-order valence-electron chi connectivity index (χ0n) is 20.0. The molecule has 0 atom stereocenters. The lowest BCUT2D eigenvalue weighted by molar-refractivity contribution is -0.119. The van der Waals surface area contributed by atoms with E-state index in [1.807, 2.05) is 60.7 Å². The molecule has 186 valence electrons. The van der Waals surface area contributed by atoms with Crippen LogP contribution in [-0.4, -0.2) is 67.4 Å². The number of aromatic nitrogens is 2. The Kier molecular flexibility index (Phi) is 9.22. The van der Waals surface area contributed by atoms with Crippen LogP contribution in [0.1, 0.15) is 5.56 Å². The van der Waals surface area contributed by atoms with Crippen LogP contribution in [0.15, 0.2) is 70.3 Å². The Morgan fingerprint density at radius 2 is 1.66 bits per heavy atom. The summed E-state index contributed by atoms with van der Waals surface area (Å²) < 4.78 is 12.1. The van der Waals surface area contributed by atoms with E-state index in [0.29, 0.717) is 13.2 Å². The predicted molar refractivity (Wildman–Crippen MR) is 135 cm³/mol. The van der Waals surface area contributed by atoms with Crippen LogP contribution in [0.25, 0.3) is 0 Å². The molecule has 3 aromatic rings. The van der Waals surface area contributed by atoms with Crippen LogP contribution in [0, 0.1) is 0 Å². The number of likely N-dealkylation sites (N-methyl/N-ethyl adjacent to an activating group) is 1. The molecular weight excluding hydrogens is 450 g/mol. The lowest BCUT2D eigenvalue weighted by Crippen LogP contribution is -2.46. The average Bonchev–Trinajstić information content (AvgIpc) is 2.85. The third kappa shape index (κ3) is 7.05. The normalized spacial score (nSPS) is 10.9. The fourth-order valence-electron chi connectivity index (χ4n) is 3.54. The van der Waals surface area contributed by atoms with Crippen molar-refractivity contribution in [1.29, 1.82) is 0 Å². The van der Waals surface area contributed by atoms with Gasteiger partial charge in [0.25, 0.3) is 5.56 Å². The maximum Gasteiger partial charge on any atom is 0.330 e. The average molecular weight is 482 g/mol. The number of carbonyl (C=O) groups excluding carboxylic acids is 1. The van der Waals surface area contributed by atoms with Gasteiger partial charge in [-0.3, -0.25) is 24.0 Å². The molecule has 1 heterocycles. The van der Waals surface area contributed by atoms with Gasteiger partial charge in [-0.05, 0) is 24.7 Å². The summed E-state index contributed by atoms with van der Waals surface area (Å²) >= 11 is 0. The summed E-state index contributed by atoms with van der Waals surface area (Å²) in [4.78, 5) is 43.9. The van der Waals surface area contributed by atoms with Gasteiger partial charge in [0.2, 0.25) is 5.91 Å².